The first-order valence-electron chi connectivity index (χ1n) is 5.79. The van der Waals surface area contributed by atoms with Gasteiger partial charge in [0.1, 0.15) is 6.54 Å². The topological polar surface area (TPSA) is 78.9 Å². The highest BCUT2D eigenvalue weighted by molar-refractivity contribution is 7.08. The molecule has 0 radical (unpaired) electrons. The number of nitrogens with one attached hydrogen (secondary N) is 1. The van der Waals surface area contributed by atoms with Gasteiger partial charge >= 0.3 is 12.0 Å². The van der Waals surface area contributed by atoms with Crippen molar-refractivity contribution in [3.63, 3.8) is 0 Å². The molecule has 0 atom stereocenters. The Bertz CT molecular complexity index is 433. The van der Waals surface area contributed by atoms with Crippen LogP contribution in [0.3, 0.4) is 0 Å². The SMILES string of the molecule is COCCN(CC(=O)O)C(=O)NCc1cscc1C. The number of aryl methyl sites for hydroxylation is 1. The zero-order chi connectivity index (χ0) is 14.3. The van der Waals surface area contributed by atoms with Crippen molar-refractivity contribution in [1.82, 2.24) is 10.2 Å². The van der Waals surface area contributed by atoms with E-state index in [0.29, 0.717) is 13.2 Å². The number of rotatable bonds is 7. The molecule has 1 rings (SSSR count). The predicted molar refractivity (Wildman–Crippen MR) is 72.4 cm³/mol. The van der Waals surface area contributed by atoms with E-state index in [2.05, 4.69) is 5.32 Å². The van der Waals surface area contributed by atoms with Gasteiger partial charge in [-0.3, -0.25) is 4.79 Å². The molecule has 0 saturated heterocycles. The highest BCUT2D eigenvalue weighted by Gasteiger charge is 2.16. The zero-order valence-corrected chi connectivity index (χ0v) is 11.8. The average molecular weight is 286 g/mol. The summed E-state index contributed by atoms with van der Waals surface area (Å²) in [7, 11) is 1.51. The molecule has 0 spiro atoms. The summed E-state index contributed by atoms with van der Waals surface area (Å²) in [6, 6.07) is -0.398. The van der Waals surface area contributed by atoms with Gasteiger partial charge in [0.2, 0.25) is 0 Å². The van der Waals surface area contributed by atoms with Gasteiger partial charge in [0.15, 0.2) is 0 Å². The van der Waals surface area contributed by atoms with E-state index in [0.717, 1.165) is 11.1 Å². The van der Waals surface area contributed by atoms with Crippen LogP contribution in [0.1, 0.15) is 11.1 Å². The maximum atomic E-state index is 11.9. The summed E-state index contributed by atoms with van der Waals surface area (Å²) in [5.74, 6) is -1.04. The van der Waals surface area contributed by atoms with Gasteiger partial charge in [0.05, 0.1) is 6.61 Å². The lowest BCUT2D eigenvalue weighted by atomic mass is 10.2. The van der Waals surface area contributed by atoms with Crippen LogP contribution in [0, 0.1) is 6.92 Å². The lowest BCUT2D eigenvalue weighted by Gasteiger charge is -2.20. The van der Waals surface area contributed by atoms with Crippen molar-refractivity contribution in [3.8, 4) is 0 Å². The maximum absolute atomic E-state index is 11.9. The second-order valence-electron chi connectivity index (χ2n) is 4.05. The highest BCUT2D eigenvalue weighted by atomic mass is 32.1. The zero-order valence-electron chi connectivity index (χ0n) is 11.0. The largest absolute Gasteiger partial charge is 0.480 e. The Morgan fingerprint density at radius 1 is 1.47 bits per heavy atom. The Morgan fingerprint density at radius 3 is 2.74 bits per heavy atom. The molecule has 1 aromatic heterocycles. The number of urea groups is 1. The van der Waals surface area contributed by atoms with Gasteiger partial charge < -0.3 is 20.1 Å². The van der Waals surface area contributed by atoms with Gasteiger partial charge in [0, 0.05) is 20.2 Å². The Labute approximate surface area is 116 Å². The first kappa shape index (κ1) is 15.5. The van der Waals surface area contributed by atoms with Gasteiger partial charge in [-0.2, -0.15) is 11.3 Å². The molecule has 0 saturated carbocycles. The van der Waals surface area contributed by atoms with Crippen LogP contribution in [-0.2, 0) is 16.1 Å². The van der Waals surface area contributed by atoms with E-state index < -0.39 is 12.0 Å². The first-order chi connectivity index (χ1) is 9.04. The van der Waals surface area contributed by atoms with Gasteiger partial charge in [-0.15, -0.1) is 0 Å². The Kier molecular flexibility index (Phi) is 6.31. The maximum Gasteiger partial charge on any atom is 0.323 e. The molecule has 0 aliphatic rings. The molecule has 0 unspecified atom stereocenters. The lowest BCUT2D eigenvalue weighted by molar-refractivity contribution is -0.137. The average Bonchev–Trinajstić information content (AvgIpc) is 2.76. The van der Waals surface area contributed by atoms with Crippen molar-refractivity contribution in [3.05, 3.63) is 21.9 Å². The van der Waals surface area contributed by atoms with Crippen LogP contribution in [0.15, 0.2) is 10.8 Å². The number of aliphatic carboxylic acids is 1. The summed E-state index contributed by atoms with van der Waals surface area (Å²) in [5, 5.41) is 15.4. The van der Waals surface area contributed by atoms with Crippen LogP contribution in [0.5, 0.6) is 0 Å². The fourth-order valence-corrected chi connectivity index (χ4v) is 2.32. The van der Waals surface area contributed by atoms with Crippen LogP contribution in [0.25, 0.3) is 0 Å². The number of carbonyl (C=O) groups is 2. The molecule has 1 heterocycles. The van der Waals surface area contributed by atoms with E-state index in [1.807, 2.05) is 17.7 Å². The molecule has 7 heteroatoms. The second kappa shape index (κ2) is 7.75. The predicted octanol–water partition coefficient (Wildman–Crippen LogP) is 1.30. The van der Waals surface area contributed by atoms with Crippen molar-refractivity contribution in [2.75, 3.05) is 26.8 Å². The number of carboxylic acid groups (broad SMARTS) is 1. The Hall–Kier alpha value is -1.60. The summed E-state index contributed by atoms with van der Waals surface area (Å²) in [4.78, 5) is 23.8. The summed E-state index contributed by atoms with van der Waals surface area (Å²) in [5.41, 5.74) is 2.16. The normalized spacial score (nSPS) is 10.2. The fraction of sp³-hybridized carbons (Fsp3) is 0.500. The van der Waals surface area contributed by atoms with Crippen LogP contribution in [0.2, 0.25) is 0 Å². The number of carboxylic acids is 1. The number of nitrogens with zero attached hydrogens (tertiary/aromatic N) is 1. The molecule has 0 fully saturated rings. The van der Waals surface area contributed by atoms with Gasteiger partial charge in [-0.05, 0) is 28.8 Å². The van der Waals surface area contributed by atoms with Crippen molar-refractivity contribution >= 4 is 23.3 Å². The number of hydrogen-bond donors (Lipinski definition) is 2. The summed E-state index contributed by atoms with van der Waals surface area (Å²) < 4.78 is 4.86. The lowest BCUT2D eigenvalue weighted by Crippen LogP contribution is -2.44. The molecule has 2 amide bonds. The number of ether oxygens (including phenoxy) is 1. The van der Waals surface area contributed by atoms with Crippen molar-refractivity contribution in [1.29, 1.82) is 0 Å². The van der Waals surface area contributed by atoms with E-state index in [4.69, 9.17) is 9.84 Å². The van der Waals surface area contributed by atoms with Crippen LogP contribution in [0.4, 0.5) is 4.79 Å². The van der Waals surface area contributed by atoms with E-state index >= 15 is 0 Å². The number of amides is 2. The monoisotopic (exact) mass is 286 g/mol. The molecule has 2 N–H and O–H groups in total. The molecule has 6 nitrogen and oxygen atoms in total. The van der Waals surface area contributed by atoms with E-state index in [-0.39, 0.29) is 13.1 Å². The van der Waals surface area contributed by atoms with E-state index in [9.17, 15) is 9.59 Å². The number of hydrogen-bond acceptors (Lipinski definition) is 4. The molecule has 0 aromatic carbocycles. The first-order valence-corrected chi connectivity index (χ1v) is 6.74. The Morgan fingerprint density at radius 2 is 2.21 bits per heavy atom. The van der Waals surface area contributed by atoms with Crippen LogP contribution >= 0.6 is 11.3 Å². The molecule has 106 valence electrons. The van der Waals surface area contributed by atoms with Gasteiger partial charge in [-0.25, -0.2) is 4.79 Å². The van der Waals surface area contributed by atoms with E-state index in [1.54, 1.807) is 11.3 Å². The van der Waals surface area contributed by atoms with Crippen molar-refractivity contribution in [2.45, 2.75) is 13.5 Å². The highest BCUT2D eigenvalue weighted by Crippen LogP contribution is 2.13. The summed E-state index contributed by atoms with van der Waals surface area (Å²) in [6.45, 7) is 2.59. The molecule has 1 aromatic rings. The molecular formula is C12H18N2O4S. The van der Waals surface area contributed by atoms with Gasteiger partial charge in [-0.1, -0.05) is 0 Å². The summed E-state index contributed by atoms with van der Waals surface area (Å²) >= 11 is 1.57. The van der Waals surface area contributed by atoms with Crippen LogP contribution < -0.4 is 5.32 Å². The molecule has 0 bridgehead atoms. The third kappa shape index (κ3) is 5.27. The third-order valence-electron chi connectivity index (χ3n) is 2.57. The minimum Gasteiger partial charge on any atom is -0.480 e. The van der Waals surface area contributed by atoms with Crippen molar-refractivity contribution < 1.29 is 19.4 Å². The standard InChI is InChI=1S/C12H18N2O4S/c1-9-7-19-8-10(9)5-13-12(17)14(3-4-18-2)6-11(15)16/h7-8H,3-6H2,1-2H3,(H,13,17)(H,15,16). The molecule has 19 heavy (non-hydrogen) atoms. The fourth-order valence-electron chi connectivity index (χ4n) is 1.47. The quantitative estimate of drug-likeness (QED) is 0.792. The van der Waals surface area contributed by atoms with Gasteiger partial charge in [0.25, 0.3) is 0 Å². The third-order valence-corrected chi connectivity index (χ3v) is 3.48. The second-order valence-corrected chi connectivity index (χ2v) is 4.79. The summed E-state index contributed by atoms with van der Waals surface area (Å²) in [6.07, 6.45) is 0. The molecular weight excluding hydrogens is 268 g/mol. The number of thiophene rings is 1. The number of methoxy groups -OCH3 is 1. The Balaban J connectivity index is 2.51. The van der Waals surface area contributed by atoms with E-state index in [1.165, 1.54) is 12.0 Å². The smallest absolute Gasteiger partial charge is 0.323 e. The minimum absolute atomic E-state index is 0.247. The number of carbonyl (C=O) groups excluding carboxylic acids is 1. The molecule has 0 aliphatic carbocycles. The van der Waals surface area contributed by atoms with Crippen molar-refractivity contribution in [2.24, 2.45) is 0 Å². The molecule has 0 aliphatic heterocycles. The van der Waals surface area contributed by atoms with Crippen LogP contribution in [-0.4, -0.2) is 48.8 Å². The minimum atomic E-state index is -1.04.